The summed E-state index contributed by atoms with van der Waals surface area (Å²) >= 11 is 3.13. The Morgan fingerprint density at radius 2 is 2.13 bits per heavy atom. The first-order chi connectivity index (χ1) is 10.9. The lowest BCUT2D eigenvalue weighted by Crippen LogP contribution is -2.41. The summed E-state index contributed by atoms with van der Waals surface area (Å²) in [5.74, 6) is 0.853. The normalized spacial score (nSPS) is 12.8. The Kier molecular flexibility index (Phi) is 6.38. The summed E-state index contributed by atoms with van der Waals surface area (Å²) in [7, 11) is 0. The maximum Gasteiger partial charge on any atom is 0.230 e. The summed E-state index contributed by atoms with van der Waals surface area (Å²) in [6.07, 6.45) is 2.47. The van der Waals surface area contributed by atoms with Gasteiger partial charge in [0.05, 0.1) is 5.75 Å². The molecule has 0 aliphatic heterocycles. The predicted octanol–water partition coefficient (Wildman–Crippen LogP) is 2.89. The maximum absolute atomic E-state index is 12.2. The zero-order valence-corrected chi connectivity index (χ0v) is 15.7. The molecule has 5 nitrogen and oxygen atoms in total. The van der Waals surface area contributed by atoms with E-state index in [0.29, 0.717) is 18.2 Å². The van der Waals surface area contributed by atoms with Crippen molar-refractivity contribution in [2.75, 3.05) is 12.3 Å². The summed E-state index contributed by atoms with van der Waals surface area (Å²) in [4.78, 5) is 23.1. The number of amides is 1. The van der Waals surface area contributed by atoms with E-state index in [9.17, 15) is 4.79 Å². The van der Waals surface area contributed by atoms with Crippen LogP contribution in [-0.2, 0) is 4.79 Å². The molecule has 1 amide bonds. The number of thioether (sulfide) groups is 1. The van der Waals surface area contributed by atoms with Gasteiger partial charge in [0.25, 0.3) is 0 Å². The van der Waals surface area contributed by atoms with Crippen molar-refractivity contribution in [2.45, 2.75) is 45.2 Å². The number of aromatic nitrogens is 2. The van der Waals surface area contributed by atoms with Crippen LogP contribution in [-0.4, -0.2) is 34.2 Å². The molecule has 126 valence electrons. The van der Waals surface area contributed by atoms with E-state index >= 15 is 0 Å². The van der Waals surface area contributed by atoms with Crippen LogP contribution in [0, 0.1) is 19.8 Å². The molecule has 7 heteroatoms. The van der Waals surface area contributed by atoms with Gasteiger partial charge in [-0.3, -0.25) is 4.79 Å². The van der Waals surface area contributed by atoms with Gasteiger partial charge in [-0.1, -0.05) is 25.6 Å². The standard InChI is InChI=1S/C16H24N4OS2/c1-9(2)5-12(6-17)20-13(21)7-22-15-14-10(3)11(4)23-16(14)19-8-18-15/h8-9,12H,5-7,17H2,1-4H3,(H,20,21). The van der Waals surface area contributed by atoms with Crippen molar-refractivity contribution in [1.82, 2.24) is 15.3 Å². The zero-order valence-electron chi connectivity index (χ0n) is 14.0. The Hall–Kier alpha value is -1.18. The topological polar surface area (TPSA) is 80.9 Å². The SMILES string of the molecule is Cc1sc2ncnc(SCC(=O)NC(CN)CC(C)C)c2c1C. The molecule has 0 spiro atoms. The van der Waals surface area contributed by atoms with Crippen molar-refractivity contribution < 1.29 is 4.79 Å². The van der Waals surface area contributed by atoms with Gasteiger partial charge in [0, 0.05) is 22.8 Å². The summed E-state index contributed by atoms with van der Waals surface area (Å²) in [6, 6.07) is 0.0404. The average molecular weight is 353 g/mol. The van der Waals surface area contributed by atoms with Crippen LogP contribution in [0.15, 0.2) is 11.4 Å². The maximum atomic E-state index is 12.2. The minimum absolute atomic E-state index is 0.00228. The fraction of sp³-hybridized carbons (Fsp3) is 0.562. The van der Waals surface area contributed by atoms with Crippen molar-refractivity contribution in [3.63, 3.8) is 0 Å². The van der Waals surface area contributed by atoms with Gasteiger partial charge in [-0.05, 0) is 31.7 Å². The second-order valence-corrected chi connectivity index (χ2v) is 8.23. The Bertz CT molecular complexity index is 684. The van der Waals surface area contributed by atoms with Crippen molar-refractivity contribution in [2.24, 2.45) is 11.7 Å². The summed E-state index contributed by atoms with van der Waals surface area (Å²) in [6.45, 7) is 8.89. The number of hydrogen-bond acceptors (Lipinski definition) is 6. The molecule has 2 rings (SSSR count). The van der Waals surface area contributed by atoms with Crippen molar-refractivity contribution in [3.8, 4) is 0 Å². The van der Waals surface area contributed by atoms with E-state index in [2.05, 4.69) is 43.0 Å². The van der Waals surface area contributed by atoms with Crippen LogP contribution >= 0.6 is 23.1 Å². The molecule has 0 bridgehead atoms. The van der Waals surface area contributed by atoms with E-state index < -0.39 is 0 Å². The van der Waals surface area contributed by atoms with Gasteiger partial charge in [0.15, 0.2) is 0 Å². The average Bonchev–Trinajstić information content (AvgIpc) is 2.79. The van der Waals surface area contributed by atoms with Crippen LogP contribution in [0.3, 0.4) is 0 Å². The Morgan fingerprint density at radius 3 is 2.78 bits per heavy atom. The molecule has 0 fully saturated rings. The molecular formula is C16H24N4OS2. The molecule has 1 unspecified atom stereocenters. The number of carbonyl (C=O) groups is 1. The third-order valence-electron chi connectivity index (χ3n) is 3.68. The molecule has 0 aliphatic carbocycles. The van der Waals surface area contributed by atoms with Crippen LogP contribution in [0.5, 0.6) is 0 Å². The van der Waals surface area contributed by atoms with E-state index in [1.165, 1.54) is 22.2 Å². The Morgan fingerprint density at radius 1 is 1.39 bits per heavy atom. The number of nitrogens with one attached hydrogen (secondary N) is 1. The van der Waals surface area contributed by atoms with Crippen LogP contribution in [0.25, 0.3) is 10.2 Å². The summed E-state index contributed by atoms with van der Waals surface area (Å²) in [5, 5.41) is 4.96. The molecule has 2 aromatic rings. The highest BCUT2D eigenvalue weighted by Crippen LogP contribution is 2.34. The van der Waals surface area contributed by atoms with Crippen LogP contribution in [0.1, 0.15) is 30.7 Å². The second kappa shape index (κ2) is 8.08. The van der Waals surface area contributed by atoms with E-state index in [0.717, 1.165) is 21.7 Å². The molecule has 23 heavy (non-hydrogen) atoms. The van der Waals surface area contributed by atoms with E-state index in [1.54, 1.807) is 17.7 Å². The third kappa shape index (κ3) is 4.65. The number of aryl methyl sites for hydroxylation is 2. The molecule has 0 radical (unpaired) electrons. The number of hydrogen-bond donors (Lipinski definition) is 2. The van der Waals surface area contributed by atoms with Crippen molar-refractivity contribution >= 4 is 39.2 Å². The molecule has 0 saturated heterocycles. The van der Waals surface area contributed by atoms with Gasteiger partial charge < -0.3 is 11.1 Å². The molecule has 1 atom stereocenters. The van der Waals surface area contributed by atoms with Crippen LogP contribution in [0.4, 0.5) is 0 Å². The fourth-order valence-electron chi connectivity index (χ4n) is 2.45. The second-order valence-electron chi connectivity index (χ2n) is 6.06. The van der Waals surface area contributed by atoms with E-state index in [4.69, 9.17) is 5.73 Å². The van der Waals surface area contributed by atoms with Gasteiger partial charge in [-0.15, -0.1) is 11.3 Å². The van der Waals surface area contributed by atoms with E-state index in [1.807, 2.05) is 0 Å². The number of fused-ring (bicyclic) bond motifs is 1. The monoisotopic (exact) mass is 352 g/mol. The first-order valence-corrected chi connectivity index (χ1v) is 9.55. The lowest BCUT2D eigenvalue weighted by molar-refractivity contribution is -0.119. The molecule has 3 N–H and O–H groups in total. The number of carbonyl (C=O) groups excluding carboxylic acids is 1. The highest BCUT2D eigenvalue weighted by molar-refractivity contribution is 8.00. The number of thiophene rings is 1. The third-order valence-corrected chi connectivity index (χ3v) is 5.78. The van der Waals surface area contributed by atoms with Gasteiger partial charge in [-0.2, -0.15) is 0 Å². The van der Waals surface area contributed by atoms with E-state index in [-0.39, 0.29) is 11.9 Å². The zero-order chi connectivity index (χ0) is 17.0. The van der Waals surface area contributed by atoms with Gasteiger partial charge in [0.2, 0.25) is 5.91 Å². The van der Waals surface area contributed by atoms with Crippen molar-refractivity contribution in [3.05, 3.63) is 16.8 Å². The molecule has 0 saturated carbocycles. The molecule has 0 aliphatic rings. The lowest BCUT2D eigenvalue weighted by Gasteiger charge is -2.18. The quantitative estimate of drug-likeness (QED) is 0.591. The van der Waals surface area contributed by atoms with Crippen LogP contribution in [0.2, 0.25) is 0 Å². The summed E-state index contributed by atoms with van der Waals surface area (Å²) in [5.41, 5.74) is 6.93. The number of nitrogens with zero attached hydrogens (tertiary/aromatic N) is 2. The number of rotatable bonds is 7. The molecule has 2 heterocycles. The fourth-order valence-corrected chi connectivity index (χ4v) is 4.37. The van der Waals surface area contributed by atoms with Gasteiger partial charge >= 0.3 is 0 Å². The number of nitrogens with two attached hydrogens (primary N) is 1. The highest BCUT2D eigenvalue weighted by Gasteiger charge is 2.16. The largest absolute Gasteiger partial charge is 0.351 e. The lowest BCUT2D eigenvalue weighted by atomic mass is 10.0. The summed E-state index contributed by atoms with van der Waals surface area (Å²) < 4.78 is 0. The van der Waals surface area contributed by atoms with Crippen LogP contribution < -0.4 is 11.1 Å². The van der Waals surface area contributed by atoms with Gasteiger partial charge in [-0.25, -0.2) is 9.97 Å². The van der Waals surface area contributed by atoms with Gasteiger partial charge in [0.1, 0.15) is 16.2 Å². The molecule has 0 aromatic carbocycles. The smallest absolute Gasteiger partial charge is 0.230 e. The van der Waals surface area contributed by atoms with Crippen molar-refractivity contribution in [1.29, 1.82) is 0 Å². The molecular weight excluding hydrogens is 328 g/mol. The minimum atomic E-state index is 0.00228. The Labute approximate surface area is 145 Å². The Balaban J connectivity index is 2.02. The predicted molar refractivity (Wildman–Crippen MR) is 98.1 cm³/mol. The highest BCUT2D eigenvalue weighted by atomic mass is 32.2. The molecule has 2 aromatic heterocycles. The first-order valence-electron chi connectivity index (χ1n) is 7.75. The minimum Gasteiger partial charge on any atom is -0.351 e. The first kappa shape index (κ1) is 18.2.